The number of ether oxygens (including phenoxy) is 1. The quantitative estimate of drug-likeness (QED) is 0.317. The number of carboxylic acid groups (broad SMARTS) is 1. The monoisotopic (exact) mass is 518 g/mol. The van der Waals surface area contributed by atoms with Gasteiger partial charge in [-0.3, -0.25) is 4.79 Å². The Balaban J connectivity index is 1.39. The van der Waals surface area contributed by atoms with Gasteiger partial charge in [-0.2, -0.15) is 0 Å². The first-order valence-corrected chi connectivity index (χ1v) is 13.7. The number of fused-ring (bicyclic) bond motifs is 1. The van der Waals surface area contributed by atoms with Crippen molar-refractivity contribution in [2.75, 3.05) is 26.8 Å². The molecule has 2 aromatic carbocycles. The molecule has 8 heteroatoms. The van der Waals surface area contributed by atoms with Gasteiger partial charge >= 0.3 is 6.09 Å². The van der Waals surface area contributed by atoms with E-state index < -0.39 is 6.09 Å². The highest BCUT2D eigenvalue weighted by Crippen LogP contribution is 2.41. The summed E-state index contributed by atoms with van der Waals surface area (Å²) in [6.07, 6.45) is 5.30. The molecule has 0 radical (unpaired) electrons. The molecule has 1 unspecified atom stereocenters. The summed E-state index contributed by atoms with van der Waals surface area (Å²) in [5, 5.41) is 14.5. The molecule has 3 atom stereocenters. The van der Waals surface area contributed by atoms with Crippen LogP contribution in [0.2, 0.25) is 0 Å². The summed E-state index contributed by atoms with van der Waals surface area (Å²) in [7, 11) is 1.70. The molecule has 2 heterocycles. The maximum absolute atomic E-state index is 14.3. The number of methoxy groups -OCH3 is 1. The van der Waals surface area contributed by atoms with E-state index >= 15 is 0 Å². The number of aromatic amines is 1. The van der Waals surface area contributed by atoms with Crippen molar-refractivity contribution < 1.29 is 19.4 Å². The van der Waals surface area contributed by atoms with Crippen LogP contribution in [-0.4, -0.2) is 70.8 Å². The third-order valence-corrected chi connectivity index (χ3v) is 7.84. The van der Waals surface area contributed by atoms with Gasteiger partial charge < -0.3 is 29.9 Å². The van der Waals surface area contributed by atoms with Crippen molar-refractivity contribution in [3.8, 4) is 0 Å². The Morgan fingerprint density at radius 1 is 1.13 bits per heavy atom. The lowest BCUT2D eigenvalue weighted by molar-refractivity contribution is -0.141. The molecule has 8 nitrogen and oxygen atoms in total. The average molecular weight is 519 g/mol. The molecule has 2 amide bonds. The molecular weight excluding hydrogens is 480 g/mol. The number of amides is 2. The maximum atomic E-state index is 14.3. The second-order valence-corrected chi connectivity index (χ2v) is 10.6. The van der Waals surface area contributed by atoms with Crippen molar-refractivity contribution >= 4 is 22.9 Å². The second kappa shape index (κ2) is 12.0. The Hall–Kier alpha value is -3.36. The van der Waals surface area contributed by atoms with Crippen molar-refractivity contribution in [2.45, 2.75) is 56.8 Å². The number of likely N-dealkylation sites (tertiary alicyclic amines) is 1. The lowest BCUT2D eigenvalue weighted by Crippen LogP contribution is -2.55. The van der Waals surface area contributed by atoms with E-state index in [1.165, 1.54) is 4.90 Å². The molecule has 1 aromatic heterocycles. The first-order valence-electron chi connectivity index (χ1n) is 13.7. The highest BCUT2D eigenvalue weighted by atomic mass is 16.5. The Morgan fingerprint density at radius 3 is 2.63 bits per heavy atom. The number of hydrogen-bond donors (Lipinski definition) is 3. The number of H-pyrrole nitrogens is 1. The molecule has 202 valence electrons. The summed E-state index contributed by atoms with van der Waals surface area (Å²) in [6, 6.07) is 18.3. The van der Waals surface area contributed by atoms with Crippen molar-refractivity contribution in [3.63, 3.8) is 0 Å². The number of benzene rings is 2. The molecule has 1 aliphatic heterocycles. The van der Waals surface area contributed by atoms with Crippen LogP contribution in [0.5, 0.6) is 0 Å². The lowest BCUT2D eigenvalue weighted by Gasteiger charge is -2.40. The topological polar surface area (TPSA) is 97.9 Å². The van der Waals surface area contributed by atoms with E-state index in [9.17, 15) is 14.7 Å². The number of rotatable bonds is 11. The van der Waals surface area contributed by atoms with Crippen LogP contribution in [0, 0.1) is 5.92 Å². The zero-order valence-electron chi connectivity index (χ0n) is 22.0. The molecule has 1 aliphatic carbocycles. The van der Waals surface area contributed by atoms with Crippen molar-refractivity contribution in [1.29, 1.82) is 0 Å². The van der Waals surface area contributed by atoms with Gasteiger partial charge in [-0.25, -0.2) is 4.79 Å². The Morgan fingerprint density at radius 2 is 1.89 bits per heavy atom. The van der Waals surface area contributed by atoms with Crippen LogP contribution < -0.4 is 5.32 Å². The summed E-state index contributed by atoms with van der Waals surface area (Å²) in [6.45, 7) is 1.89. The van der Waals surface area contributed by atoms with Crippen molar-refractivity contribution in [3.05, 3.63) is 71.9 Å². The molecule has 3 N–H and O–H groups in total. The minimum atomic E-state index is -0.972. The minimum absolute atomic E-state index is 0.0673. The van der Waals surface area contributed by atoms with Gasteiger partial charge in [-0.05, 0) is 49.3 Å². The molecule has 5 rings (SSSR count). The van der Waals surface area contributed by atoms with E-state index in [1.807, 2.05) is 48.7 Å². The van der Waals surface area contributed by atoms with Crippen LogP contribution in [0.15, 0.2) is 60.8 Å². The summed E-state index contributed by atoms with van der Waals surface area (Å²) >= 11 is 0. The summed E-state index contributed by atoms with van der Waals surface area (Å²) in [5.74, 6) is -0.318. The predicted molar refractivity (Wildman–Crippen MR) is 147 cm³/mol. The second-order valence-electron chi connectivity index (χ2n) is 10.6. The lowest BCUT2D eigenvalue weighted by atomic mass is 9.90. The van der Waals surface area contributed by atoms with E-state index in [0.717, 1.165) is 47.7 Å². The van der Waals surface area contributed by atoms with Crippen molar-refractivity contribution in [2.24, 2.45) is 5.92 Å². The van der Waals surface area contributed by atoms with E-state index in [4.69, 9.17) is 4.74 Å². The van der Waals surface area contributed by atoms with Gasteiger partial charge in [0, 0.05) is 62.5 Å². The van der Waals surface area contributed by atoms with Crippen molar-refractivity contribution in [1.82, 2.24) is 20.1 Å². The van der Waals surface area contributed by atoms with E-state index in [1.54, 1.807) is 7.11 Å². The van der Waals surface area contributed by atoms with Gasteiger partial charge in [0.1, 0.15) is 0 Å². The largest absolute Gasteiger partial charge is 0.465 e. The smallest absolute Gasteiger partial charge is 0.407 e. The zero-order valence-corrected chi connectivity index (χ0v) is 22.0. The van der Waals surface area contributed by atoms with Crippen LogP contribution in [0.4, 0.5) is 4.79 Å². The van der Waals surface area contributed by atoms with Gasteiger partial charge in [-0.1, -0.05) is 48.5 Å². The molecule has 0 bridgehead atoms. The number of nitrogens with zero attached hydrogens (tertiary/aromatic N) is 2. The summed E-state index contributed by atoms with van der Waals surface area (Å²) in [4.78, 5) is 33.3. The molecular formula is C30H38N4O4. The standard InChI is InChI=1S/C30H38N4O4/c1-38-15-7-12-28(26-18-32-27-11-6-5-10-25(26)27)34(24-13-14-24)29(35)22-16-23(20-33(19-22)30(36)37)31-17-21-8-3-2-4-9-21/h2-6,8-11,18,22-24,28,31-32H,7,12-17,19-20H2,1H3,(H,36,37)/t22-,23+,28?/m1/s1. The SMILES string of the molecule is COCCCC(c1c[nH]c2ccccc12)N(C(=O)[C@@H]1C[C@H](NCc2ccccc2)CN(C(=O)O)C1)C1CC1. The normalized spacial score (nSPS) is 20.4. The van der Waals surface area contributed by atoms with Gasteiger partial charge in [-0.15, -0.1) is 0 Å². The average Bonchev–Trinajstić information content (AvgIpc) is 3.69. The zero-order chi connectivity index (χ0) is 26.5. The Kier molecular flexibility index (Phi) is 8.29. The van der Waals surface area contributed by atoms with Gasteiger partial charge in [0.25, 0.3) is 0 Å². The van der Waals surface area contributed by atoms with Crippen LogP contribution in [0.3, 0.4) is 0 Å². The number of hydrogen-bond acceptors (Lipinski definition) is 4. The fraction of sp³-hybridized carbons (Fsp3) is 0.467. The maximum Gasteiger partial charge on any atom is 0.407 e. The molecule has 1 saturated heterocycles. The molecule has 0 spiro atoms. The van der Waals surface area contributed by atoms with Gasteiger partial charge in [0.15, 0.2) is 0 Å². The molecule has 38 heavy (non-hydrogen) atoms. The van der Waals surface area contributed by atoms with Crippen LogP contribution >= 0.6 is 0 Å². The first-order chi connectivity index (χ1) is 18.5. The van der Waals surface area contributed by atoms with Crippen LogP contribution in [0.25, 0.3) is 10.9 Å². The Labute approximate surface area is 224 Å². The first kappa shape index (κ1) is 26.3. The fourth-order valence-electron chi connectivity index (χ4n) is 5.83. The van der Waals surface area contributed by atoms with Gasteiger partial charge in [0.05, 0.1) is 12.0 Å². The number of carbonyl (C=O) groups is 2. The third kappa shape index (κ3) is 6.03. The molecule has 2 fully saturated rings. The van der Waals surface area contributed by atoms with Gasteiger partial charge in [0.2, 0.25) is 5.91 Å². The number of carbonyl (C=O) groups excluding carboxylic acids is 1. The summed E-state index contributed by atoms with van der Waals surface area (Å²) in [5.41, 5.74) is 3.32. The van der Waals surface area contributed by atoms with E-state index in [0.29, 0.717) is 26.1 Å². The molecule has 2 aliphatic rings. The molecule has 1 saturated carbocycles. The number of aromatic nitrogens is 1. The summed E-state index contributed by atoms with van der Waals surface area (Å²) < 4.78 is 5.36. The number of nitrogens with one attached hydrogen (secondary N) is 2. The number of para-hydroxylation sites is 1. The Bertz CT molecular complexity index is 1230. The molecule has 3 aromatic rings. The minimum Gasteiger partial charge on any atom is -0.465 e. The predicted octanol–water partition coefficient (Wildman–Crippen LogP) is 4.78. The van der Waals surface area contributed by atoms with E-state index in [2.05, 4.69) is 27.3 Å². The third-order valence-electron chi connectivity index (χ3n) is 7.84. The number of piperidine rings is 1. The van der Waals surface area contributed by atoms with Crippen LogP contribution in [-0.2, 0) is 16.1 Å². The fourth-order valence-corrected chi connectivity index (χ4v) is 5.83. The highest BCUT2D eigenvalue weighted by Gasteiger charge is 2.43. The van der Waals surface area contributed by atoms with E-state index in [-0.39, 0.29) is 36.5 Å². The highest BCUT2D eigenvalue weighted by molar-refractivity contribution is 5.86. The van der Waals surface area contributed by atoms with Crippen LogP contribution in [0.1, 0.15) is 49.3 Å².